The smallest absolute Gasteiger partial charge is 0.425 e. The molecule has 0 fully saturated rings. The van der Waals surface area contributed by atoms with E-state index in [9.17, 15) is 22.8 Å². The Balaban J connectivity index is 3.41. The Morgan fingerprint density at radius 1 is 0.724 bits per heavy atom. The summed E-state index contributed by atoms with van der Waals surface area (Å²) in [4.78, 5) is 22.8. The zero-order chi connectivity index (χ0) is 22.0. The first kappa shape index (κ1) is 27.7. The third kappa shape index (κ3) is 18.5. The monoisotopic (exact) mass is 424 g/mol. The van der Waals surface area contributed by atoms with Crippen LogP contribution in [0.1, 0.15) is 110 Å². The number of carbonyl (C=O) groups excluding carboxylic acids is 2. The highest BCUT2D eigenvalue weighted by Gasteiger charge is 2.38. The number of alkyl halides is 3. The van der Waals surface area contributed by atoms with Gasteiger partial charge in [0.1, 0.15) is 0 Å². The van der Waals surface area contributed by atoms with Gasteiger partial charge in [-0.3, -0.25) is 9.59 Å². The highest BCUT2D eigenvalue weighted by atomic mass is 19.4. The second kappa shape index (κ2) is 17.6. The molecule has 4 nitrogen and oxygen atoms in total. The van der Waals surface area contributed by atoms with E-state index in [1.54, 1.807) is 0 Å². The fraction of sp³-hybridized carbons (Fsp3) is 0.909. The summed E-state index contributed by atoms with van der Waals surface area (Å²) in [6, 6.07) is 0. The van der Waals surface area contributed by atoms with Gasteiger partial charge < -0.3 is 9.47 Å². The molecule has 0 aliphatic heterocycles. The molecule has 29 heavy (non-hydrogen) atoms. The molecule has 0 bridgehead atoms. The molecular weight excluding hydrogens is 385 g/mol. The van der Waals surface area contributed by atoms with Crippen LogP contribution in [0, 0.1) is 0 Å². The maximum absolute atomic E-state index is 12.3. The molecule has 7 heteroatoms. The van der Waals surface area contributed by atoms with Crippen LogP contribution in [0.4, 0.5) is 13.2 Å². The van der Waals surface area contributed by atoms with Crippen molar-refractivity contribution in [3.05, 3.63) is 0 Å². The number of hydrogen-bond acceptors (Lipinski definition) is 4. The molecular formula is C22H39F3O4. The van der Waals surface area contributed by atoms with Crippen LogP contribution < -0.4 is 0 Å². The van der Waals surface area contributed by atoms with E-state index in [2.05, 4.69) is 11.7 Å². The number of carbonyl (C=O) groups is 2. The predicted octanol–water partition coefficient (Wildman–Crippen LogP) is 6.90. The van der Waals surface area contributed by atoms with Gasteiger partial charge in [-0.1, -0.05) is 77.6 Å². The normalized spacial score (nSPS) is 12.6. The van der Waals surface area contributed by atoms with Crippen molar-refractivity contribution in [3.8, 4) is 0 Å². The molecule has 0 radical (unpaired) electrons. The molecule has 0 aromatic carbocycles. The molecule has 0 amide bonds. The van der Waals surface area contributed by atoms with Crippen LogP contribution in [0.15, 0.2) is 0 Å². The largest absolute Gasteiger partial charge is 0.466 e. The van der Waals surface area contributed by atoms with Crippen LogP contribution in [0.3, 0.4) is 0 Å². The standard InChI is InChI=1S/C22H39F3O4/c1-3-4-5-6-7-8-9-10-11-12-13-14-18-28-20(26)16-15-17-21(27)29-19(2)22(23,24)25/h19H,3-18H2,1-2H3. The maximum atomic E-state index is 12.3. The van der Waals surface area contributed by atoms with Crippen molar-refractivity contribution < 1.29 is 32.2 Å². The van der Waals surface area contributed by atoms with Gasteiger partial charge in [0.2, 0.25) is 0 Å². The van der Waals surface area contributed by atoms with Crippen molar-refractivity contribution >= 4 is 11.9 Å². The Labute approximate surface area is 173 Å². The van der Waals surface area contributed by atoms with Crippen LogP contribution >= 0.6 is 0 Å². The Hall–Kier alpha value is -1.27. The van der Waals surface area contributed by atoms with Crippen molar-refractivity contribution in [1.82, 2.24) is 0 Å². The first-order valence-electron chi connectivity index (χ1n) is 11.2. The second-order valence-corrected chi connectivity index (χ2v) is 7.64. The average molecular weight is 425 g/mol. The molecule has 0 spiro atoms. The number of esters is 2. The van der Waals surface area contributed by atoms with E-state index in [0.29, 0.717) is 6.61 Å². The molecule has 0 heterocycles. The van der Waals surface area contributed by atoms with Gasteiger partial charge in [0, 0.05) is 12.8 Å². The van der Waals surface area contributed by atoms with Gasteiger partial charge in [0.25, 0.3) is 0 Å². The van der Waals surface area contributed by atoms with E-state index in [-0.39, 0.29) is 19.3 Å². The van der Waals surface area contributed by atoms with Crippen LogP contribution in [0.2, 0.25) is 0 Å². The van der Waals surface area contributed by atoms with E-state index in [4.69, 9.17) is 4.74 Å². The van der Waals surface area contributed by atoms with Gasteiger partial charge in [0.05, 0.1) is 6.61 Å². The maximum Gasteiger partial charge on any atom is 0.425 e. The van der Waals surface area contributed by atoms with Crippen LogP contribution in [0.25, 0.3) is 0 Å². The number of unbranched alkanes of at least 4 members (excludes halogenated alkanes) is 11. The number of hydrogen-bond donors (Lipinski definition) is 0. The predicted molar refractivity (Wildman–Crippen MR) is 107 cm³/mol. The summed E-state index contributed by atoms with van der Waals surface area (Å²) < 4.78 is 46.1. The quantitative estimate of drug-likeness (QED) is 0.177. The third-order valence-corrected chi connectivity index (χ3v) is 4.79. The molecule has 0 aliphatic rings. The lowest BCUT2D eigenvalue weighted by Crippen LogP contribution is -2.30. The molecule has 0 rings (SSSR count). The lowest BCUT2D eigenvalue weighted by Gasteiger charge is -2.16. The summed E-state index contributed by atoms with van der Waals surface area (Å²) in [5.41, 5.74) is 0. The van der Waals surface area contributed by atoms with E-state index in [0.717, 1.165) is 26.2 Å². The van der Waals surface area contributed by atoms with E-state index >= 15 is 0 Å². The highest BCUT2D eigenvalue weighted by molar-refractivity contribution is 5.72. The zero-order valence-electron chi connectivity index (χ0n) is 18.2. The van der Waals surface area contributed by atoms with Crippen molar-refractivity contribution in [1.29, 1.82) is 0 Å². The lowest BCUT2D eigenvalue weighted by molar-refractivity contribution is -0.216. The van der Waals surface area contributed by atoms with E-state index < -0.39 is 24.2 Å². The van der Waals surface area contributed by atoms with Crippen molar-refractivity contribution in [2.75, 3.05) is 6.61 Å². The minimum Gasteiger partial charge on any atom is -0.466 e. The molecule has 0 aromatic rings. The van der Waals surface area contributed by atoms with Crippen molar-refractivity contribution in [2.45, 2.75) is 122 Å². The van der Waals surface area contributed by atoms with Crippen molar-refractivity contribution in [3.63, 3.8) is 0 Å². The van der Waals surface area contributed by atoms with Crippen molar-refractivity contribution in [2.24, 2.45) is 0 Å². The Morgan fingerprint density at radius 3 is 1.66 bits per heavy atom. The first-order valence-corrected chi connectivity index (χ1v) is 11.2. The summed E-state index contributed by atoms with van der Waals surface area (Å²) in [6.07, 6.45) is 7.95. The molecule has 0 aromatic heterocycles. The number of ether oxygens (including phenoxy) is 2. The molecule has 172 valence electrons. The van der Waals surface area contributed by atoms with Crippen LogP contribution in [0.5, 0.6) is 0 Å². The van der Waals surface area contributed by atoms with Gasteiger partial charge in [-0.15, -0.1) is 0 Å². The molecule has 1 atom stereocenters. The second-order valence-electron chi connectivity index (χ2n) is 7.64. The molecule has 0 aliphatic carbocycles. The summed E-state index contributed by atoms with van der Waals surface area (Å²) in [6.45, 7) is 3.36. The number of rotatable bonds is 18. The zero-order valence-corrected chi connectivity index (χ0v) is 18.2. The Bertz CT molecular complexity index is 425. The molecule has 0 N–H and O–H groups in total. The summed E-state index contributed by atoms with van der Waals surface area (Å²) >= 11 is 0. The van der Waals surface area contributed by atoms with Gasteiger partial charge in [-0.25, -0.2) is 0 Å². The van der Waals surface area contributed by atoms with Crippen LogP contribution in [-0.4, -0.2) is 30.8 Å². The van der Waals surface area contributed by atoms with Gasteiger partial charge in [-0.05, 0) is 19.8 Å². The SMILES string of the molecule is CCCCCCCCCCCCCCOC(=O)CCCC(=O)OC(C)C(F)(F)F. The minimum absolute atomic E-state index is 0.00769. The molecule has 0 saturated heterocycles. The average Bonchev–Trinajstić information content (AvgIpc) is 2.64. The Kier molecular flexibility index (Phi) is 16.8. The van der Waals surface area contributed by atoms with E-state index in [1.165, 1.54) is 57.8 Å². The van der Waals surface area contributed by atoms with E-state index in [1.807, 2.05) is 0 Å². The molecule has 1 unspecified atom stereocenters. The molecule has 0 saturated carbocycles. The Morgan fingerprint density at radius 2 is 1.17 bits per heavy atom. The number of halogens is 3. The third-order valence-electron chi connectivity index (χ3n) is 4.79. The summed E-state index contributed by atoms with van der Waals surface area (Å²) in [5.74, 6) is -1.38. The van der Waals surface area contributed by atoms with Gasteiger partial charge >= 0.3 is 18.1 Å². The summed E-state index contributed by atoms with van der Waals surface area (Å²) in [5, 5.41) is 0. The van der Waals surface area contributed by atoms with Gasteiger partial charge in [0.15, 0.2) is 6.10 Å². The van der Waals surface area contributed by atoms with Crippen LogP contribution in [-0.2, 0) is 19.1 Å². The minimum atomic E-state index is -4.57. The fourth-order valence-corrected chi connectivity index (χ4v) is 2.90. The van der Waals surface area contributed by atoms with Gasteiger partial charge in [-0.2, -0.15) is 13.2 Å². The topological polar surface area (TPSA) is 52.6 Å². The lowest BCUT2D eigenvalue weighted by atomic mass is 10.1. The fourth-order valence-electron chi connectivity index (χ4n) is 2.90. The summed E-state index contributed by atoms with van der Waals surface area (Å²) in [7, 11) is 0. The highest BCUT2D eigenvalue weighted by Crippen LogP contribution is 2.22. The first-order chi connectivity index (χ1) is 13.8.